The molecule has 0 radical (unpaired) electrons. The van der Waals surface area contributed by atoms with Crippen molar-refractivity contribution in [3.8, 4) is 0 Å². The third-order valence-corrected chi connectivity index (χ3v) is 3.03. The first-order chi connectivity index (χ1) is 10.1. The van der Waals surface area contributed by atoms with Gasteiger partial charge in [0.05, 0.1) is 6.54 Å². The highest BCUT2D eigenvalue weighted by Gasteiger charge is 2.21. The fourth-order valence-electron chi connectivity index (χ4n) is 1.83. The number of hydrogen-bond acceptors (Lipinski definition) is 4. The molecule has 0 spiro atoms. The second kappa shape index (κ2) is 9.10. The molecular formula is C15H23N3O3. The molecule has 1 atom stereocenters. The minimum atomic E-state index is -0.752. The highest BCUT2D eigenvalue weighted by molar-refractivity contribution is 5.87. The largest absolute Gasteiger partial charge is 0.385 e. The maximum absolute atomic E-state index is 12.2. The van der Waals surface area contributed by atoms with Crippen LogP contribution >= 0.6 is 0 Å². The van der Waals surface area contributed by atoms with Gasteiger partial charge in [0.25, 0.3) is 0 Å². The number of likely N-dealkylation sites (N-methyl/N-ethyl adjacent to an activating group) is 1. The second-order valence-corrected chi connectivity index (χ2v) is 4.78. The standard InChI is InChI=1S/C15H23N3O3/c1-18(11-13(19)17-9-6-10-21-2)15(20)14(16)12-7-4-3-5-8-12/h3-5,7-8,14H,6,9-11,16H2,1-2H3,(H,17,19)/t14-/m1/s1. The van der Waals surface area contributed by atoms with Crippen LogP contribution in [0.1, 0.15) is 18.0 Å². The van der Waals surface area contributed by atoms with Gasteiger partial charge in [0, 0.05) is 27.3 Å². The first kappa shape index (κ1) is 17.1. The van der Waals surface area contributed by atoms with Gasteiger partial charge in [0.2, 0.25) is 11.8 Å². The summed E-state index contributed by atoms with van der Waals surface area (Å²) in [5.74, 6) is -0.490. The zero-order chi connectivity index (χ0) is 15.7. The van der Waals surface area contributed by atoms with Gasteiger partial charge in [-0.25, -0.2) is 0 Å². The molecule has 1 rings (SSSR count). The number of carbonyl (C=O) groups excluding carboxylic acids is 2. The average Bonchev–Trinajstić information content (AvgIpc) is 2.51. The molecule has 6 heteroatoms. The predicted molar refractivity (Wildman–Crippen MR) is 80.5 cm³/mol. The van der Waals surface area contributed by atoms with Crippen LogP contribution in [0.2, 0.25) is 0 Å². The molecule has 6 nitrogen and oxygen atoms in total. The molecule has 0 aromatic heterocycles. The number of nitrogens with one attached hydrogen (secondary N) is 1. The number of nitrogens with zero attached hydrogens (tertiary/aromatic N) is 1. The van der Waals surface area contributed by atoms with E-state index in [0.717, 1.165) is 12.0 Å². The highest BCUT2D eigenvalue weighted by Crippen LogP contribution is 2.11. The topological polar surface area (TPSA) is 84.7 Å². The van der Waals surface area contributed by atoms with Gasteiger partial charge in [-0.05, 0) is 12.0 Å². The van der Waals surface area contributed by atoms with Gasteiger partial charge in [-0.1, -0.05) is 30.3 Å². The summed E-state index contributed by atoms with van der Waals surface area (Å²) in [6.45, 7) is 1.11. The average molecular weight is 293 g/mol. The third-order valence-electron chi connectivity index (χ3n) is 3.03. The van der Waals surface area contributed by atoms with E-state index < -0.39 is 6.04 Å². The minimum absolute atomic E-state index is 0.00759. The van der Waals surface area contributed by atoms with Crippen molar-refractivity contribution in [2.45, 2.75) is 12.5 Å². The lowest BCUT2D eigenvalue weighted by molar-refractivity contribution is -0.135. The molecule has 1 aromatic carbocycles. The van der Waals surface area contributed by atoms with Crippen molar-refractivity contribution in [1.82, 2.24) is 10.2 Å². The van der Waals surface area contributed by atoms with Crippen molar-refractivity contribution in [3.05, 3.63) is 35.9 Å². The fourth-order valence-corrected chi connectivity index (χ4v) is 1.83. The Morgan fingerprint density at radius 1 is 1.33 bits per heavy atom. The molecule has 2 amide bonds. The third kappa shape index (κ3) is 5.93. The monoisotopic (exact) mass is 293 g/mol. The van der Waals surface area contributed by atoms with Gasteiger partial charge in [-0.15, -0.1) is 0 Å². The Kier molecular flexibility index (Phi) is 7.42. The Labute approximate surface area is 125 Å². The lowest BCUT2D eigenvalue weighted by Gasteiger charge is -2.21. The predicted octanol–water partition coefficient (Wildman–Crippen LogP) is 0.298. The van der Waals surface area contributed by atoms with Crippen LogP contribution in [0.4, 0.5) is 0 Å². The number of carbonyl (C=O) groups is 2. The van der Waals surface area contributed by atoms with Crippen molar-refractivity contribution < 1.29 is 14.3 Å². The van der Waals surface area contributed by atoms with E-state index in [0.29, 0.717) is 13.2 Å². The minimum Gasteiger partial charge on any atom is -0.385 e. The van der Waals surface area contributed by atoms with Crippen LogP contribution < -0.4 is 11.1 Å². The molecule has 0 saturated carbocycles. The van der Waals surface area contributed by atoms with Crippen molar-refractivity contribution in [1.29, 1.82) is 0 Å². The van der Waals surface area contributed by atoms with E-state index in [1.807, 2.05) is 18.2 Å². The molecule has 3 N–H and O–H groups in total. The number of ether oxygens (including phenoxy) is 1. The first-order valence-corrected chi connectivity index (χ1v) is 6.87. The van der Waals surface area contributed by atoms with Crippen LogP contribution in [-0.2, 0) is 14.3 Å². The molecule has 21 heavy (non-hydrogen) atoms. The maximum Gasteiger partial charge on any atom is 0.244 e. The van der Waals surface area contributed by atoms with Crippen molar-refractivity contribution in [3.63, 3.8) is 0 Å². The number of methoxy groups -OCH3 is 1. The van der Waals surface area contributed by atoms with Crippen molar-refractivity contribution in [2.75, 3.05) is 33.9 Å². The smallest absolute Gasteiger partial charge is 0.244 e. The van der Waals surface area contributed by atoms with Gasteiger partial charge < -0.3 is 20.7 Å². The van der Waals surface area contributed by atoms with E-state index in [1.165, 1.54) is 4.90 Å². The molecule has 0 bridgehead atoms. The number of rotatable bonds is 8. The van der Waals surface area contributed by atoms with Gasteiger partial charge in [0.15, 0.2) is 0 Å². The molecular weight excluding hydrogens is 270 g/mol. The molecule has 0 aliphatic carbocycles. The van der Waals surface area contributed by atoms with Crippen LogP contribution in [0, 0.1) is 0 Å². The Morgan fingerprint density at radius 3 is 2.62 bits per heavy atom. The van der Waals surface area contributed by atoms with E-state index in [4.69, 9.17) is 10.5 Å². The van der Waals surface area contributed by atoms with Gasteiger partial charge >= 0.3 is 0 Å². The lowest BCUT2D eigenvalue weighted by atomic mass is 10.1. The summed E-state index contributed by atoms with van der Waals surface area (Å²) >= 11 is 0. The molecule has 0 heterocycles. The van der Waals surface area contributed by atoms with E-state index in [2.05, 4.69) is 5.32 Å². The zero-order valence-corrected chi connectivity index (χ0v) is 12.5. The molecule has 0 aliphatic heterocycles. The molecule has 0 unspecified atom stereocenters. The Hall–Kier alpha value is -1.92. The maximum atomic E-state index is 12.2. The Morgan fingerprint density at radius 2 is 2.00 bits per heavy atom. The summed E-state index contributed by atoms with van der Waals surface area (Å²) in [6, 6.07) is 8.34. The van der Waals surface area contributed by atoms with Crippen LogP contribution in [0.5, 0.6) is 0 Å². The summed E-state index contributed by atoms with van der Waals surface area (Å²) in [5, 5.41) is 2.73. The fraction of sp³-hybridized carbons (Fsp3) is 0.467. The molecule has 0 aliphatic rings. The van der Waals surface area contributed by atoms with E-state index >= 15 is 0 Å². The summed E-state index contributed by atoms with van der Waals surface area (Å²) in [7, 11) is 3.18. The van der Waals surface area contributed by atoms with E-state index in [9.17, 15) is 9.59 Å². The number of amides is 2. The number of benzene rings is 1. The van der Waals surface area contributed by atoms with Crippen LogP contribution in [0.25, 0.3) is 0 Å². The van der Waals surface area contributed by atoms with Crippen molar-refractivity contribution >= 4 is 11.8 Å². The quantitative estimate of drug-likeness (QED) is 0.675. The van der Waals surface area contributed by atoms with Gasteiger partial charge in [-0.2, -0.15) is 0 Å². The number of hydrogen-bond donors (Lipinski definition) is 2. The molecule has 116 valence electrons. The normalized spacial score (nSPS) is 11.8. The zero-order valence-electron chi connectivity index (χ0n) is 12.5. The van der Waals surface area contributed by atoms with E-state index in [1.54, 1.807) is 26.3 Å². The van der Waals surface area contributed by atoms with Gasteiger partial charge in [0.1, 0.15) is 6.04 Å². The second-order valence-electron chi connectivity index (χ2n) is 4.78. The highest BCUT2D eigenvalue weighted by atomic mass is 16.5. The van der Waals surface area contributed by atoms with Crippen LogP contribution in [-0.4, -0.2) is 50.6 Å². The number of nitrogens with two attached hydrogens (primary N) is 1. The Bertz CT molecular complexity index is 451. The lowest BCUT2D eigenvalue weighted by Crippen LogP contribution is -2.42. The SMILES string of the molecule is COCCCNC(=O)CN(C)C(=O)[C@H](N)c1ccccc1. The van der Waals surface area contributed by atoms with E-state index in [-0.39, 0.29) is 18.4 Å². The van der Waals surface area contributed by atoms with Crippen LogP contribution in [0.15, 0.2) is 30.3 Å². The molecule has 0 fully saturated rings. The van der Waals surface area contributed by atoms with Crippen molar-refractivity contribution in [2.24, 2.45) is 5.73 Å². The first-order valence-electron chi connectivity index (χ1n) is 6.87. The Balaban J connectivity index is 2.42. The van der Waals surface area contributed by atoms with Gasteiger partial charge in [-0.3, -0.25) is 9.59 Å². The molecule has 0 saturated heterocycles. The van der Waals surface area contributed by atoms with Crippen LogP contribution in [0.3, 0.4) is 0 Å². The summed E-state index contributed by atoms with van der Waals surface area (Å²) < 4.78 is 4.89. The summed E-state index contributed by atoms with van der Waals surface area (Å²) in [4.78, 5) is 25.2. The molecule has 1 aromatic rings. The summed E-state index contributed by atoms with van der Waals surface area (Å²) in [5.41, 5.74) is 6.65. The summed E-state index contributed by atoms with van der Waals surface area (Å²) in [6.07, 6.45) is 0.740.